The van der Waals surface area contributed by atoms with Crippen LogP contribution in [0.5, 0.6) is 0 Å². The van der Waals surface area contributed by atoms with E-state index < -0.39 is 5.79 Å². The predicted octanol–water partition coefficient (Wildman–Crippen LogP) is 3.91. The van der Waals surface area contributed by atoms with E-state index in [1.807, 2.05) is 18.2 Å². The smallest absolute Gasteiger partial charge is 0.169 e. The summed E-state index contributed by atoms with van der Waals surface area (Å²) in [5.41, 5.74) is 1.20. The highest BCUT2D eigenvalue weighted by atomic mass is 16.7. The number of aliphatic hydroxyl groups excluding tert-OH is 1. The second-order valence-electron chi connectivity index (χ2n) is 7.76. The summed E-state index contributed by atoms with van der Waals surface area (Å²) in [6.07, 6.45) is 4.97. The van der Waals surface area contributed by atoms with Crippen LogP contribution in [0.1, 0.15) is 51.5 Å². The van der Waals surface area contributed by atoms with Gasteiger partial charge in [0.25, 0.3) is 0 Å². The molecule has 1 spiro atoms. The van der Waals surface area contributed by atoms with Crippen molar-refractivity contribution in [2.45, 2.75) is 70.6 Å². The van der Waals surface area contributed by atoms with Gasteiger partial charge in [0.1, 0.15) is 0 Å². The van der Waals surface area contributed by atoms with Gasteiger partial charge in [0.2, 0.25) is 0 Å². The van der Waals surface area contributed by atoms with Crippen molar-refractivity contribution in [1.82, 2.24) is 0 Å². The largest absolute Gasteiger partial charge is 0.394 e. The zero-order chi connectivity index (χ0) is 17.7. The molecule has 140 valence electrons. The first-order valence-electron chi connectivity index (χ1n) is 9.70. The summed E-state index contributed by atoms with van der Waals surface area (Å²) in [7, 11) is 0. The van der Waals surface area contributed by atoms with E-state index in [0.29, 0.717) is 25.0 Å². The molecule has 2 fully saturated rings. The molecule has 2 aliphatic rings. The van der Waals surface area contributed by atoms with Crippen LogP contribution in [0.4, 0.5) is 0 Å². The normalized spacial score (nSPS) is 35.8. The summed E-state index contributed by atoms with van der Waals surface area (Å²) < 4.78 is 18.5. The van der Waals surface area contributed by atoms with Gasteiger partial charge in [-0.15, -0.1) is 0 Å². The van der Waals surface area contributed by atoms with E-state index in [-0.39, 0.29) is 18.8 Å². The molecule has 0 aromatic heterocycles. The van der Waals surface area contributed by atoms with Crippen LogP contribution in [0.15, 0.2) is 30.3 Å². The zero-order valence-corrected chi connectivity index (χ0v) is 15.5. The van der Waals surface area contributed by atoms with Gasteiger partial charge in [-0.1, -0.05) is 44.2 Å². The van der Waals surface area contributed by atoms with Crippen molar-refractivity contribution in [1.29, 1.82) is 0 Å². The predicted molar refractivity (Wildman–Crippen MR) is 97.1 cm³/mol. The molecule has 25 heavy (non-hydrogen) atoms. The molecule has 0 bridgehead atoms. The molecule has 3 rings (SSSR count). The first-order valence-corrected chi connectivity index (χ1v) is 9.70. The van der Waals surface area contributed by atoms with Crippen molar-refractivity contribution >= 4 is 0 Å². The summed E-state index contributed by atoms with van der Waals surface area (Å²) in [5.74, 6) is 0.420. The Morgan fingerprint density at radius 3 is 2.36 bits per heavy atom. The van der Waals surface area contributed by atoms with E-state index in [1.165, 1.54) is 5.56 Å². The Morgan fingerprint density at radius 2 is 1.68 bits per heavy atom. The zero-order valence-electron chi connectivity index (χ0n) is 15.5. The number of rotatable bonds is 6. The minimum absolute atomic E-state index is 0.0761. The molecule has 2 aliphatic heterocycles. The Balaban J connectivity index is 1.49. The van der Waals surface area contributed by atoms with Crippen LogP contribution in [0, 0.1) is 11.8 Å². The van der Waals surface area contributed by atoms with Gasteiger partial charge < -0.3 is 19.3 Å². The first kappa shape index (κ1) is 18.8. The molecule has 1 aromatic rings. The van der Waals surface area contributed by atoms with E-state index in [2.05, 4.69) is 26.0 Å². The molecule has 5 atom stereocenters. The lowest BCUT2D eigenvalue weighted by atomic mass is 9.84. The van der Waals surface area contributed by atoms with Crippen molar-refractivity contribution in [2.24, 2.45) is 11.8 Å². The fourth-order valence-electron chi connectivity index (χ4n) is 3.96. The molecule has 0 unspecified atom stereocenters. The quantitative estimate of drug-likeness (QED) is 0.792. The summed E-state index contributed by atoms with van der Waals surface area (Å²) in [5, 5.41) is 9.57. The molecular formula is C21H32O4. The number of benzene rings is 1. The van der Waals surface area contributed by atoms with Crippen molar-refractivity contribution in [3.63, 3.8) is 0 Å². The maximum absolute atomic E-state index is 9.57. The van der Waals surface area contributed by atoms with E-state index in [9.17, 15) is 5.11 Å². The molecule has 2 heterocycles. The third-order valence-corrected chi connectivity index (χ3v) is 5.80. The van der Waals surface area contributed by atoms with Gasteiger partial charge in [0, 0.05) is 19.4 Å². The minimum atomic E-state index is -0.490. The first-order chi connectivity index (χ1) is 12.1. The van der Waals surface area contributed by atoms with Crippen LogP contribution in [0.3, 0.4) is 0 Å². The Hall–Kier alpha value is -0.940. The summed E-state index contributed by atoms with van der Waals surface area (Å²) in [6, 6.07) is 10.3. The summed E-state index contributed by atoms with van der Waals surface area (Å²) >= 11 is 0. The molecular weight excluding hydrogens is 316 g/mol. The molecule has 0 saturated carbocycles. The minimum Gasteiger partial charge on any atom is -0.394 e. The number of hydrogen-bond acceptors (Lipinski definition) is 4. The van der Waals surface area contributed by atoms with Gasteiger partial charge in [-0.05, 0) is 36.7 Å². The third-order valence-electron chi connectivity index (χ3n) is 5.80. The standard InChI is InChI=1S/C21H32O4/c1-16-8-11-21(12-9-17(2)20(14-22)25-21)24-19(16)10-13-23-15-18-6-4-3-5-7-18/h3-7,16-17,19-20,22H,8-15H2,1-2H3/t16-,17-,19+,20-,21-/m0/s1. The second-order valence-corrected chi connectivity index (χ2v) is 7.76. The summed E-state index contributed by atoms with van der Waals surface area (Å²) in [4.78, 5) is 0. The SMILES string of the molecule is C[C@H]1CC[C@]2(CC[C@H](C)[C@@H](CCOCc3ccccc3)O2)O[C@H]1CO. The van der Waals surface area contributed by atoms with Crippen molar-refractivity contribution in [2.75, 3.05) is 13.2 Å². The van der Waals surface area contributed by atoms with Crippen LogP contribution in [0.2, 0.25) is 0 Å². The average molecular weight is 348 g/mol. The van der Waals surface area contributed by atoms with Gasteiger partial charge in [-0.2, -0.15) is 0 Å². The monoisotopic (exact) mass is 348 g/mol. The Kier molecular flexibility index (Phi) is 6.50. The van der Waals surface area contributed by atoms with Gasteiger partial charge in [-0.25, -0.2) is 0 Å². The van der Waals surface area contributed by atoms with Gasteiger partial charge in [0.05, 0.1) is 25.4 Å². The molecule has 1 aromatic carbocycles. The van der Waals surface area contributed by atoms with E-state index in [4.69, 9.17) is 14.2 Å². The Labute approximate surface area is 151 Å². The molecule has 0 amide bonds. The van der Waals surface area contributed by atoms with Crippen LogP contribution in [-0.2, 0) is 20.8 Å². The molecule has 0 radical (unpaired) electrons. The van der Waals surface area contributed by atoms with E-state index in [1.54, 1.807) is 0 Å². The van der Waals surface area contributed by atoms with Gasteiger partial charge >= 0.3 is 0 Å². The second kappa shape index (κ2) is 8.63. The molecule has 4 heteroatoms. The van der Waals surface area contributed by atoms with Gasteiger partial charge in [0.15, 0.2) is 5.79 Å². The number of hydrogen-bond donors (Lipinski definition) is 1. The highest BCUT2D eigenvalue weighted by molar-refractivity contribution is 5.13. The van der Waals surface area contributed by atoms with Crippen LogP contribution in [-0.4, -0.2) is 36.3 Å². The molecule has 1 N–H and O–H groups in total. The van der Waals surface area contributed by atoms with E-state index >= 15 is 0 Å². The topological polar surface area (TPSA) is 47.9 Å². The van der Waals surface area contributed by atoms with Crippen LogP contribution >= 0.6 is 0 Å². The van der Waals surface area contributed by atoms with Crippen molar-refractivity contribution in [3.8, 4) is 0 Å². The lowest BCUT2D eigenvalue weighted by Crippen LogP contribution is -2.53. The average Bonchev–Trinajstić information content (AvgIpc) is 2.64. The molecule has 0 aliphatic carbocycles. The fraction of sp³-hybridized carbons (Fsp3) is 0.714. The molecule has 2 saturated heterocycles. The third kappa shape index (κ3) is 4.82. The van der Waals surface area contributed by atoms with Crippen molar-refractivity contribution in [3.05, 3.63) is 35.9 Å². The van der Waals surface area contributed by atoms with Crippen molar-refractivity contribution < 1.29 is 19.3 Å². The van der Waals surface area contributed by atoms with Crippen LogP contribution < -0.4 is 0 Å². The summed E-state index contributed by atoms with van der Waals surface area (Å²) in [6.45, 7) is 5.82. The van der Waals surface area contributed by atoms with Gasteiger partial charge in [-0.3, -0.25) is 0 Å². The highest BCUT2D eigenvalue weighted by Gasteiger charge is 2.46. The Bertz CT molecular complexity index is 516. The molecule has 4 nitrogen and oxygen atoms in total. The highest BCUT2D eigenvalue weighted by Crippen LogP contribution is 2.43. The lowest BCUT2D eigenvalue weighted by Gasteiger charge is -2.49. The maximum Gasteiger partial charge on any atom is 0.169 e. The number of ether oxygens (including phenoxy) is 3. The number of aliphatic hydroxyl groups is 1. The van der Waals surface area contributed by atoms with Crippen LogP contribution in [0.25, 0.3) is 0 Å². The lowest BCUT2D eigenvalue weighted by molar-refractivity contribution is -0.335. The van der Waals surface area contributed by atoms with E-state index in [0.717, 1.165) is 32.1 Å². The maximum atomic E-state index is 9.57. The fourth-order valence-corrected chi connectivity index (χ4v) is 3.96. The Morgan fingerprint density at radius 1 is 1.04 bits per heavy atom.